The largest absolute Gasteiger partial charge is 0.478 e. The lowest BCUT2D eigenvalue weighted by Gasteiger charge is -2.06. The molecule has 3 rings (SSSR count). The molecule has 32 heavy (non-hydrogen) atoms. The molecule has 0 fully saturated rings. The minimum atomic E-state index is -3.80. The Morgan fingerprint density at radius 1 is 1.12 bits per heavy atom. The van der Waals surface area contributed by atoms with Crippen LogP contribution in [0.25, 0.3) is 11.1 Å². The van der Waals surface area contributed by atoms with Crippen LogP contribution in [0, 0.1) is 5.95 Å². The van der Waals surface area contributed by atoms with Gasteiger partial charge in [0.05, 0.1) is 4.90 Å². The first-order valence-electron chi connectivity index (χ1n) is 8.84. The first-order chi connectivity index (χ1) is 15.2. The summed E-state index contributed by atoms with van der Waals surface area (Å²) in [6.07, 6.45) is 5.23. The van der Waals surface area contributed by atoms with Crippen LogP contribution < -0.4 is 5.32 Å². The van der Waals surface area contributed by atoms with Crippen LogP contribution >= 0.6 is 11.3 Å². The van der Waals surface area contributed by atoms with Crippen molar-refractivity contribution in [1.29, 1.82) is 0 Å². The van der Waals surface area contributed by atoms with E-state index in [1.54, 1.807) is 25.2 Å². The van der Waals surface area contributed by atoms with Gasteiger partial charge in [-0.25, -0.2) is 23.0 Å². The Balaban J connectivity index is 0.000000390. The van der Waals surface area contributed by atoms with Gasteiger partial charge in [-0.2, -0.15) is 4.39 Å². The first kappa shape index (κ1) is 24.8. The summed E-state index contributed by atoms with van der Waals surface area (Å²) in [5, 5.41) is 18.6. The topological polar surface area (TPSA) is 147 Å². The van der Waals surface area contributed by atoms with Crippen LogP contribution in [0.2, 0.25) is 0 Å². The normalized spacial score (nSPS) is 11.1. The third kappa shape index (κ3) is 6.51. The highest BCUT2D eigenvalue weighted by Gasteiger charge is 2.27. The van der Waals surface area contributed by atoms with E-state index in [0.29, 0.717) is 24.3 Å². The molecule has 168 valence electrons. The van der Waals surface area contributed by atoms with Crippen LogP contribution in [0.4, 0.5) is 4.39 Å². The molecular weight excluding hydrogens is 461 g/mol. The van der Waals surface area contributed by atoms with Crippen molar-refractivity contribution in [2.24, 2.45) is 0 Å². The molecule has 0 aliphatic rings. The number of carboxylic acids is 2. The maximum atomic E-state index is 14.1. The maximum Gasteiger partial charge on any atom is 0.328 e. The molecule has 0 radical (unpaired) electrons. The number of rotatable bonds is 7. The van der Waals surface area contributed by atoms with Gasteiger partial charge in [-0.3, -0.25) is 4.98 Å². The zero-order valence-corrected chi connectivity index (χ0v) is 18.2. The second-order valence-electron chi connectivity index (χ2n) is 5.99. The van der Waals surface area contributed by atoms with Crippen molar-refractivity contribution in [3.8, 4) is 11.1 Å². The molecule has 3 aromatic rings. The highest BCUT2D eigenvalue weighted by Crippen LogP contribution is 2.38. The second kappa shape index (κ2) is 11.2. The summed E-state index contributed by atoms with van der Waals surface area (Å²) in [4.78, 5) is 27.5. The zero-order valence-electron chi connectivity index (χ0n) is 16.6. The molecule has 3 heterocycles. The van der Waals surface area contributed by atoms with Gasteiger partial charge in [0.1, 0.15) is 4.21 Å². The number of carboxylic acid groups (broad SMARTS) is 2. The van der Waals surface area contributed by atoms with E-state index in [9.17, 15) is 22.4 Å². The van der Waals surface area contributed by atoms with E-state index in [-0.39, 0.29) is 14.7 Å². The van der Waals surface area contributed by atoms with Crippen LogP contribution in [0.3, 0.4) is 0 Å². The van der Waals surface area contributed by atoms with Crippen LogP contribution in [-0.4, -0.2) is 47.6 Å². The summed E-state index contributed by atoms with van der Waals surface area (Å²) < 4.78 is 40.1. The van der Waals surface area contributed by atoms with Crippen molar-refractivity contribution in [2.45, 2.75) is 15.6 Å². The van der Waals surface area contributed by atoms with Crippen molar-refractivity contribution in [3.63, 3.8) is 0 Å². The number of nitrogens with zero attached hydrogens (tertiary/aromatic N) is 2. The summed E-state index contributed by atoms with van der Waals surface area (Å²) in [6, 6.07) is 7.82. The molecule has 0 aliphatic heterocycles. The first-order valence-corrected chi connectivity index (χ1v) is 11.1. The molecule has 0 spiro atoms. The van der Waals surface area contributed by atoms with Crippen LogP contribution in [0.15, 0.2) is 70.2 Å². The fourth-order valence-corrected chi connectivity index (χ4v) is 5.50. The van der Waals surface area contributed by atoms with Gasteiger partial charge in [0.15, 0.2) is 0 Å². The van der Waals surface area contributed by atoms with E-state index in [0.717, 1.165) is 16.2 Å². The zero-order chi connectivity index (χ0) is 23.7. The fourth-order valence-electron chi connectivity index (χ4n) is 2.41. The van der Waals surface area contributed by atoms with E-state index in [2.05, 4.69) is 15.3 Å². The number of aromatic nitrogens is 2. The minimum Gasteiger partial charge on any atom is -0.478 e. The number of thiophene rings is 1. The molecule has 9 nitrogen and oxygen atoms in total. The van der Waals surface area contributed by atoms with Gasteiger partial charge in [0.2, 0.25) is 15.8 Å². The number of sulfone groups is 1. The van der Waals surface area contributed by atoms with Crippen LogP contribution in [-0.2, 0) is 26.0 Å². The van der Waals surface area contributed by atoms with Gasteiger partial charge >= 0.3 is 11.9 Å². The smallest absolute Gasteiger partial charge is 0.328 e. The summed E-state index contributed by atoms with van der Waals surface area (Å²) in [7, 11) is -2.03. The molecule has 0 aromatic carbocycles. The molecule has 0 aliphatic carbocycles. The molecular formula is C20H18FN3O6S2. The van der Waals surface area contributed by atoms with Gasteiger partial charge < -0.3 is 15.5 Å². The van der Waals surface area contributed by atoms with Gasteiger partial charge in [0.25, 0.3) is 0 Å². The van der Waals surface area contributed by atoms with Gasteiger partial charge in [0, 0.05) is 53.3 Å². The van der Waals surface area contributed by atoms with Crippen molar-refractivity contribution in [2.75, 3.05) is 7.05 Å². The third-order valence-electron chi connectivity index (χ3n) is 3.71. The Labute approximate surface area is 186 Å². The molecule has 0 saturated carbocycles. The molecule has 0 atom stereocenters. The quantitative estimate of drug-likeness (QED) is 0.344. The SMILES string of the molecule is CNCc1cc(-c2cccnc2F)c(S(=O)(=O)c2cccnc2)s1.O=C(O)C=CC(=O)O. The Kier molecular flexibility index (Phi) is 8.70. The fraction of sp³-hybridized carbons (Fsp3) is 0.100. The standard InChI is InChI=1S/C16H14FN3O2S2.C4H4O4/c1-18-9-11-8-14(13-5-3-7-20-15(13)17)16(23-11)24(21,22)12-4-2-6-19-10-12;5-3(6)1-2-4(7)8/h2-8,10,18H,9H2,1H3;1-2H,(H,5,6)(H,7,8). The third-order valence-corrected chi connectivity index (χ3v) is 7.11. The Bertz CT molecular complexity index is 1210. The van der Waals surface area contributed by atoms with E-state index >= 15 is 0 Å². The van der Waals surface area contributed by atoms with Crippen molar-refractivity contribution in [1.82, 2.24) is 15.3 Å². The van der Waals surface area contributed by atoms with Crippen LogP contribution in [0.1, 0.15) is 4.88 Å². The maximum absolute atomic E-state index is 14.1. The highest BCUT2D eigenvalue weighted by molar-refractivity contribution is 7.93. The predicted octanol–water partition coefficient (Wildman–Crippen LogP) is 2.61. The highest BCUT2D eigenvalue weighted by atomic mass is 32.2. The lowest BCUT2D eigenvalue weighted by molar-refractivity contribution is -0.134. The number of nitrogens with one attached hydrogen (secondary N) is 1. The summed E-state index contributed by atoms with van der Waals surface area (Å²) in [6.45, 7) is 0.488. The second-order valence-corrected chi connectivity index (χ2v) is 9.27. The molecule has 0 unspecified atom stereocenters. The number of carbonyl (C=O) groups is 2. The lowest BCUT2D eigenvalue weighted by atomic mass is 10.1. The predicted molar refractivity (Wildman–Crippen MR) is 114 cm³/mol. The molecule has 0 amide bonds. The molecule has 3 N–H and O–H groups in total. The van der Waals surface area contributed by atoms with E-state index in [4.69, 9.17) is 10.2 Å². The monoisotopic (exact) mass is 479 g/mol. The number of pyridine rings is 2. The van der Waals surface area contributed by atoms with E-state index in [1.165, 1.54) is 30.7 Å². The van der Waals surface area contributed by atoms with E-state index in [1.807, 2.05) is 0 Å². The van der Waals surface area contributed by atoms with Gasteiger partial charge in [-0.1, -0.05) is 0 Å². The van der Waals surface area contributed by atoms with E-state index < -0.39 is 27.7 Å². The number of aliphatic carboxylic acids is 2. The Morgan fingerprint density at radius 3 is 2.31 bits per heavy atom. The summed E-state index contributed by atoms with van der Waals surface area (Å²) in [5.41, 5.74) is 0.485. The molecule has 0 bridgehead atoms. The lowest BCUT2D eigenvalue weighted by Crippen LogP contribution is -2.03. The minimum absolute atomic E-state index is 0.0772. The van der Waals surface area contributed by atoms with Gasteiger partial charge in [-0.05, 0) is 37.4 Å². The average molecular weight is 480 g/mol. The summed E-state index contributed by atoms with van der Waals surface area (Å²) >= 11 is 1.12. The number of hydrogen-bond donors (Lipinski definition) is 3. The van der Waals surface area contributed by atoms with Crippen molar-refractivity contribution >= 4 is 33.1 Å². The Morgan fingerprint density at radius 2 is 1.78 bits per heavy atom. The van der Waals surface area contributed by atoms with Crippen LogP contribution in [0.5, 0.6) is 0 Å². The summed E-state index contributed by atoms with van der Waals surface area (Å²) in [5.74, 6) is -3.21. The van der Waals surface area contributed by atoms with Crippen molar-refractivity contribution < 1.29 is 32.6 Å². The van der Waals surface area contributed by atoms with Crippen molar-refractivity contribution in [3.05, 3.63) is 71.9 Å². The number of halogens is 1. The molecule has 0 saturated heterocycles. The van der Waals surface area contributed by atoms with Gasteiger partial charge in [-0.15, -0.1) is 11.3 Å². The molecule has 12 heteroatoms. The average Bonchev–Trinajstić information content (AvgIpc) is 3.18. The number of hydrogen-bond acceptors (Lipinski definition) is 8. The Hall–Kier alpha value is -3.48. The molecule has 3 aromatic heterocycles.